The fourth-order valence-corrected chi connectivity index (χ4v) is 6.36. The molecule has 3 aliphatic heterocycles. The van der Waals surface area contributed by atoms with Crippen molar-refractivity contribution in [3.05, 3.63) is 12.4 Å². The first kappa shape index (κ1) is 26.4. The van der Waals surface area contributed by atoms with Gasteiger partial charge in [0.2, 0.25) is 17.7 Å². The first-order valence-corrected chi connectivity index (χ1v) is 13.6. The average Bonchev–Trinajstić information content (AvgIpc) is 3.61. The highest BCUT2D eigenvalue weighted by Crippen LogP contribution is 2.49. The lowest BCUT2D eigenvalue weighted by molar-refractivity contribution is -0.194. The third-order valence-electron chi connectivity index (χ3n) is 8.46. The van der Waals surface area contributed by atoms with Gasteiger partial charge in [0.1, 0.15) is 18.1 Å². The van der Waals surface area contributed by atoms with Crippen molar-refractivity contribution in [2.75, 3.05) is 11.9 Å². The van der Waals surface area contributed by atoms with Crippen molar-refractivity contribution >= 4 is 23.4 Å². The summed E-state index contributed by atoms with van der Waals surface area (Å²) in [6.45, 7) is 0.575. The van der Waals surface area contributed by atoms with Gasteiger partial charge in [0, 0.05) is 38.2 Å². The number of aryl methyl sites for hydroxylation is 1. The van der Waals surface area contributed by atoms with E-state index in [-0.39, 0.29) is 24.7 Å². The van der Waals surface area contributed by atoms with Gasteiger partial charge in [0.05, 0.1) is 23.9 Å². The molecular formula is C26H35F2N7O3. The Bertz CT molecular complexity index is 1110. The number of rotatable bonds is 9. The summed E-state index contributed by atoms with van der Waals surface area (Å²) in [5, 5.41) is 22.5. The Hall–Kier alpha value is -3.23. The minimum absolute atomic E-state index is 0.103. The summed E-state index contributed by atoms with van der Waals surface area (Å²) in [7, 11) is 1.76. The summed E-state index contributed by atoms with van der Waals surface area (Å²) in [4.78, 5) is 41.1. The fourth-order valence-electron chi connectivity index (χ4n) is 6.36. The maximum absolute atomic E-state index is 15.1. The van der Waals surface area contributed by atoms with E-state index in [0.29, 0.717) is 37.4 Å². The van der Waals surface area contributed by atoms with E-state index in [1.807, 2.05) is 6.07 Å². The quantitative estimate of drug-likeness (QED) is 0.446. The molecule has 6 rings (SSSR count). The Kier molecular flexibility index (Phi) is 7.29. The molecule has 5 aliphatic rings. The molecule has 2 aliphatic carbocycles. The van der Waals surface area contributed by atoms with E-state index >= 15 is 8.78 Å². The molecule has 1 aromatic heterocycles. The fraction of sp³-hybridized carbons (Fsp3) is 0.731. The molecule has 6 atom stereocenters. The van der Waals surface area contributed by atoms with Gasteiger partial charge in [0.25, 0.3) is 5.92 Å². The van der Waals surface area contributed by atoms with Crippen LogP contribution >= 0.6 is 0 Å². The monoisotopic (exact) mass is 531 g/mol. The highest BCUT2D eigenvalue weighted by molar-refractivity contribution is 5.92. The second-order valence-corrected chi connectivity index (χ2v) is 11.3. The molecule has 3 amide bonds. The van der Waals surface area contributed by atoms with E-state index in [9.17, 15) is 19.6 Å². The van der Waals surface area contributed by atoms with E-state index < -0.39 is 54.3 Å². The number of nitriles is 1. The maximum Gasteiger partial charge on any atom is 0.255 e. The Morgan fingerprint density at radius 3 is 2.68 bits per heavy atom. The summed E-state index contributed by atoms with van der Waals surface area (Å²) in [5.41, 5.74) is 0.648. The molecule has 2 bridgehead atoms. The third-order valence-corrected chi connectivity index (χ3v) is 8.46. The number of nitrogens with zero attached hydrogens (tertiary/aromatic N) is 4. The van der Waals surface area contributed by atoms with Crippen LogP contribution in [-0.2, 0) is 21.4 Å². The number of aromatic nitrogens is 2. The van der Waals surface area contributed by atoms with E-state index in [2.05, 4.69) is 21.0 Å². The van der Waals surface area contributed by atoms with E-state index in [4.69, 9.17) is 0 Å². The Labute approximate surface area is 220 Å². The van der Waals surface area contributed by atoms with Crippen molar-refractivity contribution in [3.63, 3.8) is 0 Å². The van der Waals surface area contributed by atoms with Crippen molar-refractivity contribution in [3.8, 4) is 6.07 Å². The molecule has 12 heteroatoms. The molecule has 10 nitrogen and oxygen atoms in total. The third kappa shape index (κ3) is 5.47. The predicted octanol–water partition coefficient (Wildman–Crippen LogP) is 1.94. The summed E-state index contributed by atoms with van der Waals surface area (Å²) in [6, 6.07) is -1.81. The first-order chi connectivity index (χ1) is 18.2. The number of fused-ring (bicyclic) bond motifs is 3. The van der Waals surface area contributed by atoms with Crippen LogP contribution in [0.5, 0.6) is 0 Å². The predicted molar refractivity (Wildman–Crippen MR) is 133 cm³/mol. The van der Waals surface area contributed by atoms with E-state index in [1.54, 1.807) is 24.1 Å². The number of piperidine rings is 3. The van der Waals surface area contributed by atoms with Crippen LogP contribution in [0, 0.1) is 29.1 Å². The molecule has 0 aromatic carbocycles. The van der Waals surface area contributed by atoms with Crippen molar-refractivity contribution in [1.82, 2.24) is 25.3 Å². The minimum Gasteiger partial charge on any atom is -0.371 e. The molecule has 0 unspecified atom stereocenters. The number of carbonyl (C=O) groups excluding carboxylic acids is 3. The number of anilines is 1. The molecule has 5 fully saturated rings. The standard InChI is InChI=1S/C26H35F2N7O3/c1-34-14-18(13-31-34)32-21(9-15-4-5-15)25(38)35-19-6-7-20(26(27,28)11-19)22(35)24(37)33-17(12-29)10-16-3-2-8-30-23(16)36/h13-17,19-22,32H,2-11H2,1H3,(H,30,36)(H,33,37)/t16-,17-,19-,20-,21-,22-/m0/s1. The van der Waals surface area contributed by atoms with E-state index in [1.165, 1.54) is 4.90 Å². The molecule has 3 saturated heterocycles. The highest BCUT2D eigenvalue weighted by Gasteiger charge is 2.61. The summed E-state index contributed by atoms with van der Waals surface area (Å²) in [6.07, 6.45) is 7.44. The number of nitrogens with one attached hydrogen (secondary N) is 3. The maximum atomic E-state index is 15.1. The van der Waals surface area contributed by atoms with Gasteiger partial charge in [-0.15, -0.1) is 0 Å². The molecule has 1 aromatic rings. The number of amides is 3. The number of hydrogen-bond acceptors (Lipinski definition) is 6. The van der Waals surface area contributed by atoms with E-state index in [0.717, 1.165) is 19.3 Å². The lowest BCUT2D eigenvalue weighted by Gasteiger charge is -2.54. The lowest BCUT2D eigenvalue weighted by Crippen LogP contribution is -2.70. The molecule has 4 heterocycles. The SMILES string of the molecule is Cn1cc(N[C@@H](CC2CC2)C(=O)N2[C@H]3CC[C@@H]([C@H]2C(=O)N[C@H](C#N)C[C@@H]2CCCNC2=O)C(F)(F)C3)cn1. The average molecular weight is 532 g/mol. The molecule has 0 radical (unpaired) electrons. The summed E-state index contributed by atoms with van der Waals surface area (Å²) in [5.74, 6) is -5.76. The van der Waals surface area contributed by atoms with Gasteiger partial charge in [-0.05, 0) is 44.4 Å². The minimum atomic E-state index is -3.09. The highest BCUT2D eigenvalue weighted by atomic mass is 19.3. The van der Waals surface area contributed by atoms with Crippen molar-refractivity contribution in [2.45, 2.75) is 87.9 Å². The van der Waals surface area contributed by atoms with Crippen LogP contribution in [0.2, 0.25) is 0 Å². The van der Waals surface area contributed by atoms with Gasteiger partial charge in [0.15, 0.2) is 0 Å². The van der Waals surface area contributed by atoms with Crippen LogP contribution in [0.1, 0.15) is 57.8 Å². The van der Waals surface area contributed by atoms with Crippen molar-refractivity contribution in [1.29, 1.82) is 5.26 Å². The summed E-state index contributed by atoms with van der Waals surface area (Å²) >= 11 is 0. The van der Waals surface area contributed by atoms with Crippen molar-refractivity contribution in [2.24, 2.45) is 24.8 Å². The zero-order chi connectivity index (χ0) is 27.0. The van der Waals surface area contributed by atoms with Crippen LogP contribution in [0.25, 0.3) is 0 Å². The normalized spacial score (nSPS) is 29.6. The van der Waals surface area contributed by atoms with Crippen LogP contribution < -0.4 is 16.0 Å². The first-order valence-electron chi connectivity index (χ1n) is 13.6. The molecule has 206 valence electrons. The van der Waals surface area contributed by atoms with Crippen LogP contribution in [0.15, 0.2) is 12.4 Å². The van der Waals surface area contributed by atoms with Crippen LogP contribution in [-0.4, -0.2) is 69.0 Å². The van der Waals surface area contributed by atoms with Gasteiger partial charge in [-0.25, -0.2) is 8.78 Å². The van der Waals surface area contributed by atoms with Gasteiger partial charge < -0.3 is 20.9 Å². The molecule has 0 spiro atoms. The molecular weight excluding hydrogens is 496 g/mol. The largest absolute Gasteiger partial charge is 0.371 e. The second-order valence-electron chi connectivity index (χ2n) is 11.3. The lowest BCUT2D eigenvalue weighted by atomic mass is 9.71. The smallest absolute Gasteiger partial charge is 0.255 e. The number of carbonyl (C=O) groups is 3. The van der Waals surface area contributed by atoms with Crippen molar-refractivity contribution < 1.29 is 23.2 Å². The Morgan fingerprint density at radius 1 is 1.26 bits per heavy atom. The second kappa shape index (κ2) is 10.5. The van der Waals surface area contributed by atoms with Gasteiger partial charge in [-0.3, -0.25) is 19.1 Å². The topological polar surface area (TPSA) is 132 Å². The number of halogens is 2. The van der Waals surface area contributed by atoms with Gasteiger partial charge in [-0.1, -0.05) is 12.8 Å². The molecule has 38 heavy (non-hydrogen) atoms. The van der Waals surface area contributed by atoms with Crippen LogP contribution in [0.4, 0.5) is 14.5 Å². The molecule has 2 saturated carbocycles. The van der Waals surface area contributed by atoms with Gasteiger partial charge >= 0.3 is 0 Å². The number of alkyl halides is 2. The zero-order valence-corrected chi connectivity index (χ0v) is 21.5. The Morgan fingerprint density at radius 2 is 2.05 bits per heavy atom. The summed E-state index contributed by atoms with van der Waals surface area (Å²) < 4.78 is 31.8. The van der Waals surface area contributed by atoms with Crippen LogP contribution in [0.3, 0.4) is 0 Å². The molecule has 3 N–H and O–H groups in total. The number of hydrogen-bond donors (Lipinski definition) is 3. The zero-order valence-electron chi connectivity index (χ0n) is 21.5. The Balaban J connectivity index is 1.37. The van der Waals surface area contributed by atoms with Gasteiger partial charge in [-0.2, -0.15) is 10.4 Å².